The highest BCUT2D eigenvalue weighted by atomic mass is 19.3. The molecule has 1 aromatic heterocycles. The number of ketones is 1. The largest absolute Gasteiger partial charge is 0.382 e. The van der Waals surface area contributed by atoms with Crippen molar-refractivity contribution in [1.82, 2.24) is 4.98 Å². The molecule has 5 rings (SSSR count). The van der Waals surface area contributed by atoms with Crippen molar-refractivity contribution in [3.05, 3.63) is 52.4 Å². The van der Waals surface area contributed by atoms with Gasteiger partial charge in [0, 0.05) is 30.6 Å². The average molecular weight is 414 g/mol. The lowest BCUT2D eigenvalue weighted by Gasteiger charge is -2.29. The molecule has 156 valence electrons. The molecular formula is C22H21F3N4O. The summed E-state index contributed by atoms with van der Waals surface area (Å²) < 4.78 is 41.2. The van der Waals surface area contributed by atoms with E-state index in [1.807, 2.05) is 18.2 Å². The van der Waals surface area contributed by atoms with Gasteiger partial charge >= 0.3 is 0 Å². The Morgan fingerprint density at radius 3 is 2.43 bits per heavy atom. The normalized spacial score (nSPS) is 20.0. The van der Waals surface area contributed by atoms with Gasteiger partial charge in [0.1, 0.15) is 11.5 Å². The zero-order chi connectivity index (χ0) is 20.9. The van der Waals surface area contributed by atoms with Crippen LogP contribution in [-0.2, 0) is 0 Å². The van der Waals surface area contributed by atoms with Crippen LogP contribution < -0.4 is 21.2 Å². The average Bonchev–Trinajstić information content (AvgIpc) is 3.49. The van der Waals surface area contributed by atoms with Gasteiger partial charge in [0.2, 0.25) is 17.7 Å². The van der Waals surface area contributed by atoms with Crippen LogP contribution in [0.4, 0.5) is 24.7 Å². The molecule has 2 heterocycles. The standard InChI is InChI=1S/C22H21F3N4O/c23-21-14(6-7-17(29-21)27-13-8-10-22(24,25)11-9-13)20(30)19-18-15(26-12-4-5-12)2-1-3-16(18)28-19/h1-3,6-7,12-13,26H,4-5,8-11H2,(H,27,29). The van der Waals surface area contributed by atoms with Crippen molar-refractivity contribution in [3.63, 3.8) is 0 Å². The predicted octanol–water partition coefficient (Wildman–Crippen LogP) is 3.41. The quantitative estimate of drug-likeness (QED) is 0.562. The van der Waals surface area contributed by atoms with E-state index >= 15 is 0 Å². The van der Waals surface area contributed by atoms with Crippen molar-refractivity contribution in [2.24, 2.45) is 4.99 Å². The molecule has 8 heteroatoms. The predicted molar refractivity (Wildman–Crippen MR) is 107 cm³/mol. The number of pyridine rings is 1. The molecule has 0 atom stereocenters. The van der Waals surface area contributed by atoms with Crippen molar-refractivity contribution < 1.29 is 18.0 Å². The van der Waals surface area contributed by atoms with Gasteiger partial charge in [-0.25, -0.2) is 18.8 Å². The third-order valence-corrected chi connectivity index (χ3v) is 5.83. The van der Waals surface area contributed by atoms with E-state index in [1.54, 1.807) is 0 Å². The number of alkyl halides is 2. The number of nitrogens with zero attached hydrogens (tertiary/aromatic N) is 2. The van der Waals surface area contributed by atoms with Crippen molar-refractivity contribution in [2.75, 3.05) is 10.6 Å². The zero-order valence-corrected chi connectivity index (χ0v) is 16.2. The molecule has 2 aromatic rings. The van der Waals surface area contributed by atoms with Crippen LogP contribution in [0, 0.1) is 5.95 Å². The molecule has 30 heavy (non-hydrogen) atoms. The summed E-state index contributed by atoms with van der Waals surface area (Å²) in [6.45, 7) is 0. The second-order valence-electron chi connectivity index (χ2n) is 8.22. The minimum absolute atomic E-state index is 0.152. The van der Waals surface area contributed by atoms with Gasteiger partial charge in [-0.15, -0.1) is 0 Å². The van der Waals surface area contributed by atoms with Crippen LogP contribution in [0.15, 0.2) is 35.3 Å². The molecule has 2 N–H and O–H groups in total. The Labute approximate surface area is 171 Å². The number of aromatic nitrogens is 1. The molecule has 0 bridgehead atoms. The van der Waals surface area contributed by atoms with Gasteiger partial charge in [-0.1, -0.05) is 6.07 Å². The summed E-state index contributed by atoms with van der Waals surface area (Å²) in [6, 6.07) is 8.71. The lowest BCUT2D eigenvalue weighted by atomic mass is 9.92. The molecule has 3 aliphatic rings. The topological polar surface area (TPSA) is 66.4 Å². The third kappa shape index (κ3) is 3.66. The lowest BCUT2D eigenvalue weighted by molar-refractivity contribution is -0.0361. The second kappa shape index (κ2) is 7.11. The number of carbonyl (C=O) groups excluding carboxylic acids is 1. The number of nitrogens with one attached hydrogen (secondary N) is 2. The molecule has 0 spiro atoms. The SMILES string of the molecule is O=C(C1=c2c(NC3CC3)cccc2=N1)c1ccc(NC2CCC(F)(F)CC2)nc1F. The Morgan fingerprint density at radius 2 is 1.73 bits per heavy atom. The molecule has 2 aliphatic carbocycles. The fraction of sp³-hybridized carbons (Fsp3) is 0.409. The first-order valence-electron chi connectivity index (χ1n) is 10.2. The molecule has 0 amide bonds. The lowest BCUT2D eigenvalue weighted by Crippen LogP contribution is -2.40. The minimum atomic E-state index is -2.62. The minimum Gasteiger partial charge on any atom is -0.382 e. The van der Waals surface area contributed by atoms with Gasteiger partial charge in [0.05, 0.1) is 16.1 Å². The summed E-state index contributed by atoms with van der Waals surface area (Å²) in [5.41, 5.74) is 0.917. The number of hydrogen-bond donors (Lipinski definition) is 2. The number of hydrogen-bond acceptors (Lipinski definition) is 5. The van der Waals surface area contributed by atoms with E-state index in [-0.39, 0.29) is 36.0 Å². The van der Waals surface area contributed by atoms with E-state index in [0.29, 0.717) is 24.2 Å². The summed E-state index contributed by atoms with van der Waals surface area (Å²) in [5, 5.41) is 7.82. The van der Waals surface area contributed by atoms with Gasteiger partial charge in [0.15, 0.2) is 0 Å². The van der Waals surface area contributed by atoms with E-state index in [9.17, 15) is 18.0 Å². The smallest absolute Gasteiger partial charge is 0.248 e. The van der Waals surface area contributed by atoms with Crippen molar-refractivity contribution in [2.45, 2.75) is 56.5 Å². The number of fused-ring (bicyclic) bond motifs is 1. The van der Waals surface area contributed by atoms with Crippen LogP contribution in [0.1, 0.15) is 48.9 Å². The fourth-order valence-corrected chi connectivity index (χ4v) is 3.94. The number of rotatable bonds is 6. The van der Waals surface area contributed by atoms with E-state index in [0.717, 1.165) is 23.7 Å². The Bertz CT molecular complexity index is 1130. The van der Waals surface area contributed by atoms with Crippen LogP contribution in [0.5, 0.6) is 0 Å². The monoisotopic (exact) mass is 414 g/mol. The molecule has 1 aliphatic heterocycles. The number of anilines is 2. The zero-order valence-electron chi connectivity index (χ0n) is 16.2. The molecule has 5 nitrogen and oxygen atoms in total. The Morgan fingerprint density at radius 1 is 1.00 bits per heavy atom. The third-order valence-electron chi connectivity index (χ3n) is 5.83. The fourth-order valence-electron chi connectivity index (χ4n) is 3.94. The number of halogens is 3. The Balaban J connectivity index is 1.35. The molecule has 2 fully saturated rings. The molecule has 0 unspecified atom stereocenters. The van der Waals surface area contributed by atoms with Crippen LogP contribution in [0.25, 0.3) is 5.70 Å². The van der Waals surface area contributed by atoms with Crippen LogP contribution in [0.2, 0.25) is 0 Å². The van der Waals surface area contributed by atoms with E-state index in [4.69, 9.17) is 0 Å². The number of carbonyl (C=O) groups is 1. The maximum atomic E-state index is 14.6. The first-order valence-corrected chi connectivity index (χ1v) is 10.2. The molecular weight excluding hydrogens is 393 g/mol. The van der Waals surface area contributed by atoms with Crippen LogP contribution in [-0.4, -0.2) is 28.8 Å². The van der Waals surface area contributed by atoms with Crippen molar-refractivity contribution >= 4 is 23.0 Å². The summed E-state index contributed by atoms with van der Waals surface area (Å²) in [6.07, 6.45) is 2.38. The van der Waals surface area contributed by atoms with Crippen molar-refractivity contribution in [3.8, 4) is 0 Å². The highest BCUT2D eigenvalue weighted by molar-refractivity contribution is 6.25. The van der Waals surface area contributed by atoms with Gasteiger partial charge in [-0.3, -0.25) is 4.79 Å². The highest BCUT2D eigenvalue weighted by Crippen LogP contribution is 2.34. The number of benzene rings is 1. The van der Waals surface area contributed by atoms with Gasteiger partial charge < -0.3 is 10.6 Å². The second-order valence-corrected chi connectivity index (χ2v) is 8.22. The van der Waals surface area contributed by atoms with Gasteiger partial charge in [-0.05, 0) is 49.9 Å². The number of Topliss-reactive ketones (excluding diaryl/α,β-unsaturated/α-hetero) is 1. The maximum absolute atomic E-state index is 14.6. The summed E-state index contributed by atoms with van der Waals surface area (Å²) >= 11 is 0. The maximum Gasteiger partial charge on any atom is 0.248 e. The molecule has 1 aromatic carbocycles. The van der Waals surface area contributed by atoms with E-state index in [1.165, 1.54) is 12.1 Å². The van der Waals surface area contributed by atoms with Crippen LogP contribution in [0.3, 0.4) is 0 Å². The first-order chi connectivity index (χ1) is 14.4. The highest BCUT2D eigenvalue weighted by Gasteiger charge is 2.35. The summed E-state index contributed by atoms with van der Waals surface area (Å²) in [7, 11) is 0. The molecule has 0 radical (unpaired) electrons. The molecule has 2 saturated carbocycles. The molecule has 0 saturated heterocycles. The van der Waals surface area contributed by atoms with E-state index in [2.05, 4.69) is 20.6 Å². The first kappa shape index (κ1) is 19.1. The Hall–Kier alpha value is -2.90. The summed E-state index contributed by atoms with van der Waals surface area (Å²) in [4.78, 5) is 21.0. The Kier molecular flexibility index (Phi) is 4.52. The van der Waals surface area contributed by atoms with E-state index < -0.39 is 17.7 Å². The van der Waals surface area contributed by atoms with Crippen LogP contribution >= 0.6 is 0 Å². The van der Waals surface area contributed by atoms with Gasteiger partial charge in [-0.2, -0.15) is 4.39 Å². The van der Waals surface area contributed by atoms with Gasteiger partial charge in [0.25, 0.3) is 0 Å². The summed E-state index contributed by atoms with van der Waals surface area (Å²) in [5.74, 6) is -3.79. The van der Waals surface area contributed by atoms with Crippen molar-refractivity contribution in [1.29, 1.82) is 0 Å².